The van der Waals surface area contributed by atoms with Crippen LogP contribution in [-0.2, 0) is 4.79 Å². The highest BCUT2D eigenvalue weighted by Crippen LogP contribution is 2.23. The summed E-state index contributed by atoms with van der Waals surface area (Å²) in [4.78, 5) is 25.0. The summed E-state index contributed by atoms with van der Waals surface area (Å²) >= 11 is 5.85. The summed E-state index contributed by atoms with van der Waals surface area (Å²) < 4.78 is 0. The number of benzene rings is 1. The van der Waals surface area contributed by atoms with Crippen molar-refractivity contribution >= 4 is 23.4 Å². The molecule has 0 bridgehead atoms. The Labute approximate surface area is 149 Å². The Morgan fingerprint density at radius 2 is 1.67 bits per heavy atom. The van der Waals surface area contributed by atoms with Gasteiger partial charge in [0.05, 0.1) is 0 Å². The Balaban J connectivity index is 1.96. The van der Waals surface area contributed by atoms with E-state index >= 15 is 0 Å². The van der Waals surface area contributed by atoms with Crippen molar-refractivity contribution in [2.45, 2.75) is 58.5 Å². The molecule has 1 fully saturated rings. The molecule has 1 aliphatic rings. The van der Waals surface area contributed by atoms with E-state index in [0.717, 1.165) is 31.6 Å². The molecule has 0 aromatic heterocycles. The predicted molar refractivity (Wildman–Crippen MR) is 97.1 cm³/mol. The van der Waals surface area contributed by atoms with E-state index in [9.17, 15) is 9.59 Å². The van der Waals surface area contributed by atoms with Crippen LogP contribution in [0, 0.1) is 11.8 Å². The van der Waals surface area contributed by atoms with Crippen molar-refractivity contribution in [2.24, 2.45) is 11.8 Å². The van der Waals surface area contributed by atoms with Gasteiger partial charge in [-0.05, 0) is 61.8 Å². The lowest BCUT2D eigenvalue weighted by Gasteiger charge is -2.29. The van der Waals surface area contributed by atoms with Crippen LogP contribution in [0.4, 0.5) is 0 Å². The van der Waals surface area contributed by atoms with Gasteiger partial charge < -0.3 is 10.6 Å². The van der Waals surface area contributed by atoms with Crippen molar-refractivity contribution in [3.63, 3.8) is 0 Å². The van der Waals surface area contributed by atoms with Crippen molar-refractivity contribution in [3.8, 4) is 0 Å². The van der Waals surface area contributed by atoms with Crippen molar-refractivity contribution < 1.29 is 9.59 Å². The molecule has 2 amide bonds. The van der Waals surface area contributed by atoms with Gasteiger partial charge in [-0.1, -0.05) is 32.4 Å². The minimum atomic E-state index is -0.535. The number of nitrogens with one attached hydrogen (secondary N) is 2. The number of halogens is 1. The maximum absolute atomic E-state index is 12.6. The maximum atomic E-state index is 12.6. The van der Waals surface area contributed by atoms with Gasteiger partial charge in [-0.3, -0.25) is 9.59 Å². The van der Waals surface area contributed by atoms with Crippen LogP contribution < -0.4 is 10.6 Å². The van der Waals surface area contributed by atoms with Gasteiger partial charge in [0.15, 0.2) is 0 Å². The molecule has 2 rings (SSSR count). The molecule has 1 aromatic rings. The lowest BCUT2D eigenvalue weighted by Crippen LogP contribution is -2.52. The standard InChI is InChI=1S/C19H27ClN2O2/c1-12(2)17(19(24)21-16-10-4-13(3)5-11-16)22-18(23)14-6-8-15(20)9-7-14/h6-9,12-13,16-17H,4-5,10-11H2,1-3H3,(H,21,24)(H,22,23). The first-order valence-corrected chi connectivity index (χ1v) is 9.11. The first-order chi connectivity index (χ1) is 11.4. The smallest absolute Gasteiger partial charge is 0.251 e. The average Bonchev–Trinajstić information content (AvgIpc) is 2.54. The minimum Gasteiger partial charge on any atom is -0.352 e. The van der Waals surface area contributed by atoms with Crippen LogP contribution in [0.15, 0.2) is 24.3 Å². The van der Waals surface area contributed by atoms with Crippen LogP contribution in [0.2, 0.25) is 5.02 Å². The van der Waals surface area contributed by atoms with Gasteiger partial charge in [-0.15, -0.1) is 0 Å². The molecule has 0 heterocycles. The molecule has 0 aliphatic heterocycles. The van der Waals surface area contributed by atoms with Crippen LogP contribution >= 0.6 is 11.6 Å². The van der Waals surface area contributed by atoms with Gasteiger partial charge in [-0.25, -0.2) is 0 Å². The van der Waals surface area contributed by atoms with E-state index in [4.69, 9.17) is 11.6 Å². The quantitative estimate of drug-likeness (QED) is 0.848. The van der Waals surface area contributed by atoms with Crippen LogP contribution in [0.1, 0.15) is 56.8 Å². The Bertz CT molecular complexity index is 563. The second-order valence-corrected chi connectivity index (χ2v) is 7.60. The van der Waals surface area contributed by atoms with E-state index in [1.165, 1.54) is 0 Å². The second-order valence-electron chi connectivity index (χ2n) is 7.17. The van der Waals surface area contributed by atoms with Gasteiger partial charge in [0.25, 0.3) is 5.91 Å². The van der Waals surface area contributed by atoms with E-state index in [0.29, 0.717) is 10.6 Å². The van der Waals surface area contributed by atoms with Crippen LogP contribution in [0.25, 0.3) is 0 Å². The van der Waals surface area contributed by atoms with E-state index in [1.54, 1.807) is 24.3 Å². The number of hydrogen-bond acceptors (Lipinski definition) is 2. The monoisotopic (exact) mass is 350 g/mol. The van der Waals surface area contributed by atoms with Gasteiger partial charge in [-0.2, -0.15) is 0 Å². The molecule has 0 radical (unpaired) electrons. The first-order valence-electron chi connectivity index (χ1n) is 8.73. The van der Waals surface area contributed by atoms with E-state index in [-0.39, 0.29) is 23.8 Å². The Kier molecular flexibility index (Phi) is 6.67. The zero-order chi connectivity index (χ0) is 17.7. The molecule has 4 nitrogen and oxygen atoms in total. The summed E-state index contributed by atoms with van der Waals surface area (Å²) in [6, 6.07) is 6.36. The summed E-state index contributed by atoms with van der Waals surface area (Å²) in [7, 11) is 0. The van der Waals surface area contributed by atoms with Gasteiger partial charge in [0, 0.05) is 16.6 Å². The molecule has 1 aliphatic carbocycles. The Morgan fingerprint density at radius 1 is 1.08 bits per heavy atom. The highest BCUT2D eigenvalue weighted by atomic mass is 35.5. The van der Waals surface area contributed by atoms with Crippen molar-refractivity contribution in [3.05, 3.63) is 34.9 Å². The zero-order valence-electron chi connectivity index (χ0n) is 14.6. The van der Waals surface area contributed by atoms with E-state index < -0.39 is 6.04 Å². The molecule has 0 spiro atoms. The fraction of sp³-hybridized carbons (Fsp3) is 0.579. The summed E-state index contributed by atoms with van der Waals surface area (Å²) in [5, 5.41) is 6.55. The molecule has 132 valence electrons. The summed E-state index contributed by atoms with van der Waals surface area (Å²) in [6.07, 6.45) is 4.33. The summed E-state index contributed by atoms with van der Waals surface area (Å²) in [5.41, 5.74) is 0.504. The number of carbonyl (C=O) groups excluding carboxylic acids is 2. The van der Waals surface area contributed by atoms with Crippen LogP contribution in [0.5, 0.6) is 0 Å². The van der Waals surface area contributed by atoms with Crippen LogP contribution in [-0.4, -0.2) is 23.9 Å². The molecule has 5 heteroatoms. The molecular weight excluding hydrogens is 324 g/mol. The third kappa shape index (κ3) is 5.23. The number of hydrogen-bond donors (Lipinski definition) is 2. The van der Waals surface area contributed by atoms with E-state index in [1.807, 2.05) is 13.8 Å². The van der Waals surface area contributed by atoms with Gasteiger partial charge in [0.1, 0.15) is 6.04 Å². The zero-order valence-corrected chi connectivity index (χ0v) is 15.4. The second kappa shape index (κ2) is 8.52. The minimum absolute atomic E-state index is 0.0174. The van der Waals surface area contributed by atoms with Crippen molar-refractivity contribution in [1.82, 2.24) is 10.6 Å². The molecule has 24 heavy (non-hydrogen) atoms. The normalized spacial score (nSPS) is 22.0. The topological polar surface area (TPSA) is 58.2 Å². The third-order valence-corrected chi connectivity index (χ3v) is 4.96. The Morgan fingerprint density at radius 3 is 2.21 bits per heavy atom. The lowest BCUT2D eigenvalue weighted by molar-refractivity contribution is -0.124. The largest absolute Gasteiger partial charge is 0.352 e. The van der Waals surface area contributed by atoms with Gasteiger partial charge in [0.2, 0.25) is 5.91 Å². The number of rotatable bonds is 5. The summed E-state index contributed by atoms with van der Waals surface area (Å²) in [5.74, 6) is 0.414. The molecule has 1 aromatic carbocycles. The SMILES string of the molecule is CC1CCC(NC(=O)C(NC(=O)c2ccc(Cl)cc2)C(C)C)CC1. The number of amides is 2. The van der Waals surface area contributed by atoms with Crippen molar-refractivity contribution in [2.75, 3.05) is 0 Å². The maximum Gasteiger partial charge on any atom is 0.251 e. The fourth-order valence-electron chi connectivity index (χ4n) is 3.06. The van der Waals surface area contributed by atoms with Gasteiger partial charge >= 0.3 is 0 Å². The van der Waals surface area contributed by atoms with Crippen LogP contribution in [0.3, 0.4) is 0 Å². The summed E-state index contributed by atoms with van der Waals surface area (Å²) in [6.45, 7) is 6.13. The molecular formula is C19H27ClN2O2. The Hall–Kier alpha value is -1.55. The predicted octanol–water partition coefficient (Wildman–Crippen LogP) is 3.79. The fourth-order valence-corrected chi connectivity index (χ4v) is 3.18. The average molecular weight is 351 g/mol. The highest BCUT2D eigenvalue weighted by Gasteiger charge is 2.27. The number of carbonyl (C=O) groups is 2. The first kappa shape index (κ1) is 18.8. The molecule has 2 N–H and O–H groups in total. The lowest BCUT2D eigenvalue weighted by atomic mass is 9.87. The van der Waals surface area contributed by atoms with E-state index in [2.05, 4.69) is 17.6 Å². The molecule has 1 unspecified atom stereocenters. The van der Waals surface area contributed by atoms with Crippen molar-refractivity contribution in [1.29, 1.82) is 0 Å². The molecule has 1 saturated carbocycles. The third-order valence-electron chi connectivity index (χ3n) is 4.70. The molecule has 1 atom stereocenters. The highest BCUT2D eigenvalue weighted by molar-refractivity contribution is 6.30. The molecule has 0 saturated heterocycles.